The summed E-state index contributed by atoms with van der Waals surface area (Å²) in [6.07, 6.45) is 3.87. The van der Waals surface area contributed by atoms with Gasteiger partial charge in [-0.05, 0) is 43.7 Å². The summed E-state index contributed by atoms with van der Waals surface area (Å²) >= 11 is 0. The zero-order valence-corrected chi connectivity index (χ0v) is 13.8. The van der Waals surface area contributed by atoms with E-state index >= 15 is 0 Å². The van der Waals surface area contributed by atoms with E-state index in [1.54, 1.807) is 0 Å². The highest BCUT2D eigenvalue weighted by molar-refractivity contribution is 5.91. The number of benzene rings is 1. The zero-order valence-electron chi connectivity index (χ0n) is 13.8. The van der Waals surface area contributed by atoms with E-state index in [2.05, 4.69) is 25.3 Å². The van der Waals surface area contributed by atoms with Crippen molar-refractivity contribution in [2.24, 2.45) is 0 Å². The second-order valence-corrected chi connectivity index (χ2v) is 5.49. The van der Waals surface area contributed by atoms with Crippen molar-refractivity contribution in [1.29, 1.82) is 0 Å². The molecule has 24 heavy (non-hydrogen) atoms. The van der Waals surface area contributed by atoms with Crippen molar-refractivity contribution in [3.8, 4) is 0 Å². The molecule has 6 heteroatoms. The van der Waals surface area contributed by atoms with Gasteiger partial charge in [-0.1, -0.05) is 12.1 Å². The van der Waals surface area contributed by atoms with Crippen LogP contribution in [0.2, 0.25) is 0 Å². The highest BCUT2D eigenvalue weighted by Gasteiger charge is 2.08. The van der Waals surface area contributed by atoms with E-state index in [0.717, 1.165) is 28.3 Å². The molecule has 0 saturated heterocycles. The molecule has 1 aromatic carbocycles. The molecule has 2 amide bonds. The Morgan fingerprint density at radius 3 is 2.83 bits per heavy atom. The fourth-order valence-electron chi connectivity index (χ4n) is 2.59. The molecule has 0 aliphatic rings. The lowest BCUT2D eigenvalue weighted by Gasteiger charge is -2.14. The highest BCUT2D eigenvalue weighted by Crippen LogP contribution is 2.24. The van der Waals surface area contributed by atoms with Crippen LogP contribution in [0.25, 0.3) is 5.65 Å². The lowest BCUT2D eigenvalue weighted by Crippen LogP contribution is -2.28. The molecule has 0 bridgehead atoms. The van der Waals surface area contributed by atoms with Crippen molar-refractivity contribution >= 4 is 23.1 Å². The number of carbonyl (C=O) groups is 1. The number of aromatic nitrogens is 2. The number of imidazole rings is 1. The number of nitrogens with one attached hydrogen (secondary N) is 3. The summed E-state index contributed by atoms with van der Waals surface area (Å²) in [7, 11) is 0. The van der Waals surface area contributed by atoms with Crippen LogP contribution in [0.5, 0.6) is 0 Å². The molecule has 3 aromatic rings. The van der Waals surface area contributed by atoms with Crippen molar-refractivity contribution < 1.29 is 4.79 Å². The Morgan fingerprint density at radius 2 is 2.00 bits per heavy atom. The fraction of sp³-hybridized carbons (Fsp3) is 0.222. The van der Waals surface area contributed by atoms with Gasteiger partial charge in [0.05, 0.1) is 18.4 Å². The third-order valence-electron chi connectivity index (χ3n) is 3.87. The number of hydrogen-bond donors (Lipinski definition) is 3. The van der Waals surface area contributed by atoms with Crippen molar-refractivity contribution in [2.45, 2.75) is 20.4 Å². The van der Waals surface area contributed by atoms with Crippen molar-refractivity contribution in [2.75, 3.05) is 17.2 Å². The predicted octanol–water partition coefficient (Wildman–Crippen LogP) is 3.40. The Hall–Kier alpha value is -3.02. The van der Waals surface area contributed by atoms with E-state index in [1.165, 1.54) is 0 Å². The van der Waals surface area contributed by atoms with Crippen LogP contribution in [0.3, 0.4) is 0 Å². The second kappa shape index (κ2) is 7.04. The predicted molar refractivity (Wildman–Crippen MR) is 96.4 cm³/mol. The number of anilines is 2. The number of rotatable bonds is 5. The standard InChI is InChI=1S/C18H21N5O/c1-3-19-18(24)22-16-8-6-7-15(13(16)2)20-11-14-12-21-17-9-4-5-10-23(14)17/h4-10,12,20H,3,11H2,1-2H3,(H2,19,22,24). The summed E-state index contributed by atoms with van der Waals surface area (Å²) < 4.78 is 2.05. The molecule has 2 aromatic heterocycles. The summed E-state index contributed by atoms with van der Waals surface area (Å²) in [6.45, 7) is 5.12. The third-order valence-corrected chi connectivity index (χ3v) is 3.87. The molecular weight excluding hydrogens is 302 g/mol. The quantitative estimate of drug-likeness (QED) is 0.674. The van der Waals surface area contributed by atoms with Crippen LogP contribution in [-0.4, -0.2) is 22.0 Å². The Morgan fingerprint density at radius 1 is 1.17 bits per heavy atom. The van der Waals surface area contributed by atoms with Gasteiger partial charge in [-0.15, -0.1) is 0 Å². The van der Waals surface area contributed by atoms with Crippen LogP contribution in [0.15, 0.2) is 48.8 Å². The van der Waals surface area contributed by atoms with E-state index in [-0.39, 0.29) is 6.03 Å². The summed E-state index contributed by atoms with van der Waals surface area (Å²) in [5.41, 5.74) is 4.78. The second-order valence-electron chi connectivity index (χ2n) is 5.49. The molecule has 0 aliphatic heterocycles. The van der Waals surface area contributed by atoms with Crippen molar-refractivity contribution in [3.63, 3.8) is 0 Å². The smallest absolute Gasteiger partial charge is 0.319 e. The molecule has 3 N–H and O–H groups in total. The molecule has 3 rings (SSSR count). The van der Waals surface area contributed by atoms with E-state index < -0.39 is 0 Å². The van der Waals surface area contributed by atoms with Crippen LogP contribution in [0.4, 0.5) is 16.2 Å². The van der Waals surface area contributed by atoms with E-state index in [1.807, 2.05) is 62.6 Å². The Labute approximate surface area is 140 Å². The molecule has 6 nitrogen and oxygen atoms in total. The lowest BCUT2D eigenvalue weighted by molar-refractivity contribution is 0.252. The maximum Gasteiger partial charge on any atom is 0.319 e. The number of carbonyl (C=O) groups excluding carboxylic acids is 1. The van der Waals surface area contributed by atoms with Gasteiger partial charge in [-0.3, -0.25) is 0 Å². The summed E-state index contributed by atoms with van der Waals surface area (Å²) in [4.78, 5) is 16.1. The lowest BCUT2D eigenvalue weighted by atomic mass is 10.1. The normalized spacial score (nSPS) is 10.6. The summed E-state index contributed by atoms with van der Waals surface area (Å²) in [5, 5.41) is 9.02. The van der Waals surface area contributed by atoms with Gasteiger partial charge in [0.2, 0.25) is 0 Å². The number of amides is 2. The number of fused-ring (bicyclic) bond motifs is 1. The van der Waals surface area contributed by atoms with Gasteiger partial charge in [0.1, 0.15) is 5.65 Å². The fourth-order valence-corrected chi connectivity index (χ4v) is 2.59. The van der Waals surface area contributed by atoms with E-state index in [0.29, 0.717) is 13.1 Å². The van der Waals surface area contributed by atoms with Gasteiger partial charge in [0.25, 0.3) is 0 Å². The van der Waals surface area contributed by atoms with Crippen LogP contribution in [-0.2, 0) is 6.54 Å². The molecular formula is C18H21N5O. The van der Waals surface area contributed by atoms with Crippen LogP contribution in [0, 0.1) is 6.92 Å². The van der Waals surface area contributed by atoms with E-state index in [4.69, 9.17) is 0 Å². The molecule has 0 spiro atoms. The Balaban J connectivity index is 1.74. The molecule has 0 saturated carbocycles. The topological polar surface area (TPSA) is 70.5 Å². The molecule has 0 atom stereocenters. The molecule has 0 radical (unpaired) electrons. The van der Waals surface area contributed by atoms with Gasteiger partial charge in [-0.2, -0.15) is 0 Å². The summed E-state index contributed by atoms with van der Waals surface area (Å²) in [6, 6.07) is 11.6. The highest BCUT2D eigenvalue weighted by atomic mass is 16.2. The monoisotopic (exact) mass is 323 g/mol. The molecule has 2 heterocycles. The first-order valence-corrected chi connectivity index (χ1v) is 7.98. The first-order chi connectivity index (χ1) is 11.7. The van der Waals surface area contributed by atoms with Gasteiger partial charge in [0.15, 0.2) is 0 Å². The maximum absolute atomic E-state index is 11.7. The summed E-state index contributed by atoms with van der Waals surface area (Å²) in [5.74, 6) is 0. The molecule has 124 valence electrons. The molecule has 0 fully saturated rings. The molecule has 0 unspecified atom stereocenters. The SMILES string of the molecule is CCNC(=O)Nc1cccc(NCc2cnc3ccccn23)c1C. The number of nitrogens with zero attached hydrogens (tertiary/aromatic N) is 2. The van der Waals surface area contributed by atoms with Gasteiger partial charge >= 0.3 is 6.03 Å². The minimum Gasteiger partial charge on any atom is -0.379 e. The van der Waals surface area contributed by atoms with Crippen molar-refractivity contribution in [1.82, 2.24) is 14.7 Å². The Kier molecular flexibility index (Phi) is 4.65. The Bertz CT molecular complexity index is 855. The minimum absolute atomic E-state index is 0.195. The number of hydrogen-bond acceptors (Lipinski definition) is 3. The van der Waals surface area contributed by atoms with Gasteiger partial charge < -0.3 is 20.4 Å². The van der Waals surface area contributed by atoms with Gasteiger partial charge in [-0.25, -0.2) is 9.78 Å². The molecule has 0 aliphatic carbocycles. The zero-order chi connectivity index (χ0) is 16.9. The minimum atomic E-state index is -0.195. The average molecular weight is 323 g/mol. The van der Waals surface area contributed by atoms with Crippen LogP contribution < -0.4 is 16.0 Å². The number of urea groups is 1. The van der Waals surface area contributed by atoms with Gasteiger partial charge in [0, 0.05) is 24.1 Å². The van der Waals surface area contributed by atoms with Crippen molar-refractivity contribution in [3.05, 3.63) is 60.0 Å². The number of pyridine rings is 1. The maximum atomic E-state index is 11.7. The van der Waals surface area contributed by atoms with Crippen LogP contribution in [0.1, 0.15) is 18.2 Å². The first kappa shape index (κ1) is 15.9. The average Bonchev–Trinajstić information content (AvgIpc) is 2.99. The third kappa shape index (κ3) is 3.32. The largest absolute Gasteiger partial charge is 0.379 e. The van der Waals surface area contributed by atoms with E-state index in [9.17, 15) is 4.79 Å². The first-order valence-electron chi connectivity index (χ1n) is 7.98. The van der Waals surface area contributed by atoms with Crippen LogP contribution >= 0.6 is 0 Å².